The molecule has 0 spiro atoms. The lowest BCUT2D eigenvalue weighted by Crippen LogP contribution is -2.29. The maximum atomic E-state index is 13.2. The normalized spacial score (nSPS) is 16.7. The fourth-order valence-electron chi connectivity index (χ4n) is 2.87. The molecule has 0 atom stereocenters. The molecule has 0 unspecified atom stereocenters. The van der Waals surface area contributed by atoms with E-state index in [1.807, 2.05) is 18.3 Å². The van der Waals surface area contributed by atoms with Crippen molar-refractivity contribution in [2.75, 3.05) is 6.54 Å². The van der Waals surface area contributed by atoms with Gasteiger partial charge in [0.25, 0.3) is 0 Å². The Morgan fingerprint density at radius 1 is 1.22 bits per heavy atom. The van der Waals surface area contributed by atoms with E-state index < -0.39 is 0 Å². The second kappa shape index (κ2) is 5.11. The summed E-state index contributed by atoms with van der Waals surface area (Å²) < 4.78 is 15.4. The number of nitrogens with one attached hydrogen (secondary N) is 1. The Hall–Kier alpha value is -1.35. The van der Waals surface area contributed by atoms with Gasteiger partial charge in [0.1, 0.15) is 5.82 Å². The third-order valence-electron chi connectivity index (χ3n) is 3.88. The molecule has 3 heteroatoms. The molecule has 1 fully saturated rings. The number of halogens is 1. The molecule has 1 aliphatic rings. The van der Waals surface area contributed by atoms with Crippen LogP contribution in [0.1, 0.15) is 25.7 Å². The lowest BCUT2D eigenvalue weighted by Gasteiger charge is -2.12. The van der Waals surface area contributed by atoms with E-state index in [0.717, 1.165) is 24.0 Å². The van der Waals surface area contributed by atoms with Crippen LogP contribution in [-0.4, -0.2) is 17.2 Å². The minimum absolute atomic E-state index is 0.161. The summed E-state index contributed by atoms with van der Waals surface area (Å²) in [6, 6.07) is 7.72. The maximum absolute atomic E-state index is 13.2. The molecular formula is C15H19FN2. The van der Waals surface area contributed by atoms with Gasteiger partial charge in [-0.05, 0) is 42.5 Å². The topological polar surface area (TPSA) is 17.0 Å². The van der Waals surface area contributed by atoms with Crippen LogP contribution in [0.2, 0.25) is 0 Å². The number of rotatable bonds is 4. The molecule has 1 aliphatic carbocycles. The molecule has 0 radical (unpaired) electrons. The summed E-state index contributed by atoms with van der Waals surface area (Å²) in [4.78, 5) is 0. The van der Waals surface area contributed by atoms with Gasteiger partial charge in [-0.2, -0.15) is 0 Å². The van der Waals surface area contributed by atoms with Crippen molar-refractivity contribution in [1.82, 2.24) is 9.88 Å². The highest BCUT2D eigenvalue weighted by Gasteiger charge is 2.13. The molecule has 0 bridgehead atoms. The molecule has 18 heavy (non-hydrogen) atoms. The van der Waals surface area contributed by atoms with Crippen molar-refractivity contribution in [3.8, 4) is 0 Å². The van der Waals surface area contributed by atoms with Crippen LogP contribution in [0, 0.1) is 5.82 Å². The van der Waals surface area contributed by atoms with Crippen LogP contribution in [0.3, 0.4) is 0 Å². The van der Waals surface area contributed by atoms with E-state index in [1.165, 1.54) is 31.7 Å². The smallest absolute Gasteiger partial charge is 0.125 e. The standard InChI is InChI=1S/C15H19FN2/c16-13-6-5-12-7-9-18(15(12)11-13)10-8-17-14-3-1-2-4-14/h5-7,9,11,14,17H,1-4,8,10H2. The van der Waals surface area contributed by atoms with E-state index in [9.17, 15) is 4.39 Å². The Labute approximate surface area is 107 Å². The first-order chi connectivity index (χ1) is 8.83. The quantitative estimate of drug-likeness (QED) is 0.875. The molecule has 2 nitrogen and oxygen atoms in total. The third kappa shape index (κ3) is 2.41. The van der Waals surface area contributed by atoms with Gasteiger partial charge in [0.15, 0.2) is 0 Å². The van der Waals surface area contributed by atoms with Crippen LogP contribution >= 0.6 is 0 Å². The molecule has 1 N–H and O–H groups in total. The highest BCUT2D eigenvalue weighted by molar-refractivity contribution is 5.80. The van der Waals surface area contributed by atoms with E-state index in [2.05, 4.69) is 9.88 Å². The van der Waals surface area contributed by atoms with E-state index >= 15 is 0 Å². The fraction of sp³-hybridized carbons (Fsp3) is 0.467. The van der Waals surface area contributed by atoms with Crippen LogP contribution in [0.25, 0.3) is 10.9 Å². The van der Waals surface area contributed by atoms with E-state index in [0.29, 0.717) is 6.04 Å². The SMILES string of the molecule is Fc1ccc2ccn(CCNC3CCCC3)c2c1. The average Bonchev–Trinajstić information content (AvgIpc) is 2.99. The molecule has 96 valence electrons. The molecule has 1 heterocycles. The summed E-state index contributed by atoms with van der Waals surface area (Å²) in [5.41, 5.74) is 0.989. The molecule has 0 amide bonds. The summed E-state index contributed by atoms with van der Waals surface area (Å²) in [7, 11) is 0. The van der Waals surface area contributed by atoms with E-state index in [4.69, 9.17) is 0 Å². The van der Waals surface area contributed by atoms with Crippen LogP contribution < -0.4 is 5.32 Å². The minimum Gasteiger partial charge on any atom is -0.346 e. The zero-order valence-corrected chi connectivity index (χ0v) is 10.5. The molecular weight excluding hydrogens is 227 g/mol. The highest BCUT2D eigenvalue weighted by atomic mass is 19.1. The predicted molar refractivity (Wildman–Crippen MR) is 72.2 cm³/mol. The lowest BCUT2D eigenvalue weighted by atomic mass is 10.2. The van der Waals surface area contributed by atoms with Crippen molar-refractivity contribution < 1.29 is 4.39 Å². The van der Waals surface area contributed by atoms with Gasteiger partial charge >= 0.3 is 0 Å². The van der Waals surface area contributed by atoms with Gasteiger partial charge in [-0.3, -0.25) is 0 Å². The van der Waals surface area contributed by atoms with E-state index in [-0.39, 0.29) is 5.82 Å². The first-order valence-electron chi connectivity index (χ1n) is 6.81. The average molecular weight is 246 g/mol. The van der Waals surface area contributed by atoms with Gasteiger partial charge in [-0.15, -0.1) is 0 Å². The summed E-state index contributed by atoms with van der Waals surface area (Å²) in [5.74, 6) is -0.161. The number of hydrogen-bond acceptors (Lipinski definition) is 1. The van der Waals surface area contributed by atoms with Crippen molar-refractivity contribution in [1.29, 1.82) is 0 Å². The number of fused-ring (bicyclic) bond motifs is 1. The Morgan fingerprint density at radius 2 is 2.06 bits per heavy atom. The number of benzene rings is 1. The summed E-state index contributed by atoms with van der Waals surface area (Å²) in [6.07, 6.45) is 7.37. The van der Waals surface area contributed by atoms with Gasteiger partial charge in [0.05, 0.1) is 5.52 Å². The number of aromatic nitrogens is 1. The van der Waals surface area contributed by atoms with Crippen molar-refractivity contribution in [2.24, 2.45) is 0 Å². The van der Waals surface area contributed by atoms with Crippen LogP contribution in [0.5, 0.6) is 0 Å². The summed E-state index contributed by atoms with van der Waals surface area (Å²) >= 11 is 0. The number of hydrogen-bond donors (Lipinski definition) is 1. The molecule has 0 saturated heterocycles. The number of nitrogens with zero attached hydrogens (tertiary/aromatic N) is 1. The predicted octanol–water partition coefficient (Wildman–Crippen LogP) is 3.31. The Kier molecular flexibility index (Phi) is 3.33. The van der Waals surface area contributed by atoms with Gasteiger partial charge in [-0.25, -0.2) is 4.39 Å². The minimum atomic E-state index is -0.161. The van der Waals surface area contributed by atoms with Crippen molar-refractivity contribution in [3.05, 3.63) is 36.3 Å². The van der Waals surface area contributed by atoms with Crippen LogP contribution in [0.15, 0.2) is 30.5 Å². The first kappa shape index (κ1) is 11.7. The van der Waals surface area contributed by atoms with Gasteiger partial charge < -0.3 is 9.88 Å². The third-order valence-corrected chi connectivity index (χ3v) is 3.88. The molecule has 0 aliphatic heterocycles. The van der Waals surface area contributed by atoms with Crippen molar-refractivity contribution in [2.45, 2.75) is 38.3 Å². The zero-order chi connectivity index (χ0) is 12.4. The Balaban J connectivity index is 1.65. The first-order valence-corrected chi connectivity index (χ1v) is 6.81. The fourth-order valence-corrected chi connectivity index (χ4v) is 2.87. The lowest BCUT2D eigenvalue weighted by molar-refractivity contribution is 0.500. The Bertz CT molecular complexity index is 526. The molecule has 2 aromatic rings. The van der Waals surface area contributed by atoms with Crippen LogP contribution in [-0.2, 0) is 6.54 Å². The van der Waals surface area contributed by atoms with Gasteiger partial charge in [0, 0.05) is 25.3 Å². The van der Waals surface area contributed by atoms with Gasteiger partial charge in [-0.1, -0.05) is 12.8 Å². The molecule has 1 aromatic carbocycles. The summed E-state index contributed by atoms with van der Waals surface area (Å²) in [5, 5.41) is 4.69. The molecule has 1 saturated carbocycles. The Morgan fingerprint density at radius 3 is 2.89 bits per heavy atom. The van der Waals surface area contributed by atoms with E-state index in [1.54, 1.807) is 6.07 Å². The highest BCUT2D eigenvalue weighted by Crippen LogP contribution is 2.18. The summed E-state index contributed by atoms with van der Waals surface area (Å²) in [6.45, 7) is 1.87. The van der Waals surface area contributed by atoms with Gasteiger partial charge in [0.2, 0.25) is 0 Å². The second-order valence-electron chi connectivity index (χ2n) is 5.15. The molecule has 1 aromatic heterocycles. The molecule has 3 rings (SSSR count). The van der Waals surface area contributed by atoms with Crippen molar-refractivity contribution in [3.63, 3.8) is 0 Å². The monoisotopic (exact) mass is 246 g/mol. The largest absolute Gasteiger partial charge is 0.346 e. The zero-order valence-electron chi connectivity index (χ0n) is 10.5. The maximum Gasteiger partial charge on any atom is 0.125 e. The second-order valence-corrected chi connectivity index (χ2v) is 5.15. The van der Waals surface area contributed by atoms with Crippen LogP contribution in [0.4, 0.5) is 4.39 Å². The van der Waals surface area contributed by atoms with Crippen molar-refractivity contribution >= 4 is 10.9 Å².